The van der Waals surface area contributed by atoms with Crippen molar-refractivity contribution in [3.8, 4) is 11.2 Å². The maximum absolute atomic E-state index is 11.8. The maximum atomic E-state index is 11.8. The highest BCUT2D eigenvalue weighted by atomic mass is 35.5. The Morgan fingerprint density at radius 2 is 1.74 bits per heavy atom. The molecule has 0 amide bonds. The monoisotopic (exact) mass is 286 g/mol. The number of ketones is 1. The van der Waals surface area contributed by atoms with Crippen molar-refractivity contribution in [1.29, 1.82) is 0 Å². The number of Topliss-reactive ketones (excluding diaryl/α,β-unsaturated/α-hetero) is 1. The molecule has 0 radical (unpaired) electrons. The van der Waals surface area contributed by atoms with E-state index in [-0.39, 0.29) is 5.78 Å². The van der Waals surface area contributed by atoms with Gasteiger partial charge >= 0.3 is 0 Å². The second-order valence-corrected chi connectivity index (χ2v) is 5.03. The summed E-state index contributed by atoms with van der Waals surface area (Å²) in [5.41, 5.74) is 1.62. The van der Waals surface area contributed by atoms with E-state index in [2.05, 4.69) is 11.2 Å². The molecule has 1 nitrogen and oxygen atoms in total. The van der Waals surface area contributed by atoms with Crippen molar-refractivity contribution < 1.29 is 4.79 Å². The number of hydrogen-bond donors (Lipinski definition) is 0. The van der Waals surface area contributed by atoms with Gasteiger partial charge in [-0.25, -0.2) is 0 Å². The molecule has 0 spiro atoms. The van der Waals surface area contributed by atoms with Crippen LogP contribution in [0.25, 0.3) is 0 Å². The minimum absolute atomic E-state index is 0.0935. The van der Waals surface area contributed by atoms with Crippen molar-refractivity contribution in [2.24, 2.45) is 0 Å². The Morgan fingerprint density at radius 3 is 2.42 bits per heavy atom. The number of carbonyl (C=O) groups is 1. The molecule has 19 heavy (non-hydrogen) atoms. The van der Waals surface area contributed by atoms with Gasteiger partial charge < -0.3 is 0 Å². The molecule has 3 heteroatoms. The maximum Gasteiger partial charge on any atom is 0.173 e. The van der Waals surface area contributed by atoms with Crippen molar-refractivity contribution in [2.45, 2.75) is 0 Å². The number of benzene rings is 2. The van der Waals surface area contributed by atoms with Crippen LogP contribution in [-0.2, 0) is 0 Å². The van der Waals surface area contributed by atoms with Crippen LogP contribution in [0.4, 0.5) is 0 Å². The van der Waals surface area contributed by atoms with E-state index in [1.165, 1.54) is 11.8 Å². The summed E-state index contributed by atoms with van der Waals surface area (Å²) in [6.07, 6.45) is 0. The fourth-order valence-electron chi connectivity index (χ4n) is 1.44. The van der Waals surface area contributed by atoms with Gasteiger partial charge in [0.05, 0.1) is 5.75 Å². The van der Waals surface area contributed by atoms with Crippen LogP contribution in [0.2, 0.25) is 5.02 Å². The third-order valence-electron chi connectivity index (χ3n) is 2.41. The smallest absolute Gasteiger partial charge is 0.173 e. The molecule has 0 unspecified atom stereocenters. The van der Waals surface area contributed by atoms with Gasteiger partial charge in [0, 0.05) is 16.1 Å². The molecule has 0 atom stereocenters. The summed E-state index contributed by atoms with van der Waals surface area (Å²) in [7, 11) is 0. The Kier molecular flexibility index (Phi) is 5.09. The fraction of sp³-hybridized carbons (Fsp3) is 0.0625. The molecule has 0 aliphatic rings. The van der Waals surface area contributed by atoms with Crippen molar-refractivity contribution >= 4 is 29.1 Å². The summed E-state index contributed by atoms with van der Waals surface area (Å²) in [4.78, 5) is 11.8. The van der Waals surface area contributed by atoms with Gasteiger partial charge in [0.2, 0.25) is 0 Å². The lowest BCUT2D eigenvalue weighted by Crippen LogP contribution is -2.00. The molecule has 0 N–H and O–H groups in total. The first-order chi connectivity index (χ1) is 9.25. The Hall–Kier alpha value is -1.69. The van der Waals surface area contributed by atoms with Crippen LogP contribution in [0, 0.1) is 11.2 Å². The van der Waals surface area contributed by atoms with Crippen molar-refractivity contribution in [3.05, 3.63) is 70.7 Å². The van der Waals surface area contributed by atoms with Crippen LogP contribution < -0.4 is 0 Å². The number of halogens is 1. The number of carbonyl (C=O) groups excluding carboxylic acids is 1. The highest BCUT2D eigenvalue weighted by Crippen LogP contribution is 2.10. The van der Waals surface area contributed by atoms with E-state index in [0.29, 0.717) is 10.8 Å². The lowest BCUT2D eigenvalue weighted by Gasteiger charge is -1.96. The first-order valence-corrected chi connectivity index (χ1v) is 7.09. The van der Waals surface area contributed by atoms with Gasteiger partial charge in [-0.15, -0.1) is 0 Å². The Morgan fingerprint density at radius 1 is 1.05 bits per heavy atom. The standard InChI is InChI=1S/C16H11ClOS/c17-15-8-6-13(7-9-15)10-11-19-12-16(18)14-4-2-1-3-5-14/h1-9H,12H2. The molecule has 0 fully saturated rings. The molecule has 0 aliphatic carbocycles. The lowest BCUT2D eigenvalue weighted by molar-refractivity contribution is 0.102. The summed E-state index contributed by atoms with van der Waals surface area (Å²) in [5, 5.41) is 3.62. The summed E-state index contributed by atoms with van der Waals surface area (Å²) in [6.45, 7) is 0. The van der Waals surface area contributed by atoms with Gasteiger partial charge in [0.25, 0.3) is 0 Å². The first-order valence-electron chi connectivity index (χ1n) is 5.72. The van der Waals surface area contributed by atoms with E-state index in [9.17, 15) is 4.79 Å². The first kappa shape index (κ1) is 13.7. The molecule has 0 bridgehead atoms. The Bertz CT molecular complexity index is 609. The highest BCUT2D eigenvalue weighted by molar-refractivity contribution is 8.04. The lowest BCUT2D eigenvalue weighted by atomic mass is 10.2. The molecule has 2 aromatic rings. The van der Waals surface area contributed by atoms with Crippen molar-refractivity contribution in [3.63, 3.8) is 0 Å². The number of hydrogen-bond acceptors (Lipinski definition) is 2. The van der Waals surface area contributed by atoms with Crippen molar-refractivity contribution in [1.82, 2.24) is 0 Å². The minimum Gasteiger partial charge on any atom is -0.293 e. The molecule has 2 rings (SSSR count). The summed E-state index contributed by atoms with van der Waals surface area (Å²) < 4.78 is 0. The van der Waals surface area contributed by atoms with Crippen LogP contribution in [0.15, 0.2) is 54.6 Å². The van der Waals surface area contributed by atoms with Gasteiger partial charge in [-0.2, -0.15) is 0 Å². The molecular weight excluding hydrogens is 276 g/mol. The second-order valence-electron chi connectivity index (χ2n) is 3.81. The molecule has 0 aliphatic heterocycles. The van der Waals surface area contributed by atoms with Crippen LogP contribution in [-0.4, -0.2) is 11.5 Å². The van der Waals surface area contributed by atoms with Crippen LogP contribution in [0.5, 0.6) is 0 Å². The number of rotatable bonds is 3. The predicted octanol–water partition coefficient (Wildman–Crippen LogP) is 4.27. The molecule has 0 saturated heterocycles. The molecule has 94 valence electrons. The quantitative estimate of drug-likeness (QED) is 0.619. The van der Waals surface area contributed by atoms with Gasteiger partial charge in [0.1, 0.15) is 0 Å². The third kappa shape index (κ3) is 4.48. The average molecular weight is 287 g/mol. The molecular formula is C16H11ClOS. The summed E-state index contributed by atoms with van der Waals surface area (Å²) >= 11 is 7.10. The van der Waals surface area contributed by atoms with Crippen LogP contribution >= 0.6 is 23.4 Å². The van der Waals surface area contributed by atoms with Crippen LogP contribution in [0.1, 0.15) is 15.9 Å². The van der Waals surface area contributed by atoms with E-state index < -0.39 is 0 Å². The highest BCUT2D eigenvalue weighted by Gasteiger charge is 2.03. The van der Waals surface area contributed by atoms with E-state index in [0.717, 1.165) is 11.1 Å². The van der Waals surface area contributed by atoms with E-state index in [1.54, 1.807) is 12.1 Å². The third-order valence-corrected chi connectivity index (χ3v) is 3.32. The summed E-state index contributed by atoms with van der Waals surface area (Å²) in [5.74, 6) is 3.44. The van der Waals surface area contributed by atoms with E-state index in [1.807, 2.05) is 42.5 Å². The van der Waals surface area contributed by atoms with E-state index in [4.69, 9.17) is 11.6 Å². The van der Waals surface area contributed by atoms with Gasteiger partial charge in [-0.3, -0.25) is 4.79 Å². The van der Waals surface area contributed by atoms with Gasteiger partial charge in [0.15, 0.2) is 5.78 Å². The fourth-order valence-corrected chi connectivity index (χ4v) is 2.12. The zero-order valence-electron chi connectivity index (χ0n) is 10.1. The zero-order valence-corrected chi connectivity index (χ0v) is 11.7. The van der Waals surface area contributed by atoms with Gasteiger partial charge in [-0.1, -0.05) is 59.6 Å². The van der Waals surface area contributed by atoms with Crippen molar-refractivity contribution in [2.75, 3.05) is 5.75 Å². The van der Waals surface area contributed by atoms with Gasteiger partial charge in [-0.05, 0) is 29.5 Å². The topological polar surface area (TPSA) is 17.1 Å². The van der Waals surface area contributed by atoms with Crippen LogP contribution in [0.3, 0.4) is 0 Å². The molecule has 0 aromatic heterocycles. The summed E-state index contributed by atoms with van der Waals surface area (Å²) in [6, 6.07) is 16.5. The molecule has 2 aromatic carbocycles. The normalized spacial score (nSPS) is 9.53. The molecule has 0 saturated carbocycles. The largest absolute Gasteiger partial charge is 0.293 e. The Labute approximate surface area is 122 Å². The SMILES string of the molecule is O=C(CSC#Cc1ccc(Cl)cc1)c1ccccc1. The minimum atomic E-state index is 0.0935. The predicted molar refractivity (Wildman–Crippen MR) is 81.6 cm³/mol. The zero-order chi connectivity index (χ0) is 13.5. The van der Waals surface area contributed by atoms with E-state index >= 15 is 0 Å². The number of thioether (sulfide) groups is 1. The average Bonchev–Trinajstić information content (AvgIpc) is 2.46. The molecule has 0 heterocycles. The Balaban J connectivity index is 1.87. The second kappa shape index (κ2) is 7.04.